The quantitative estimate of drug-likeness (QED) is 0.889. The van der Waals surface area contributed by atoms with Gasteiger partial charge in [0, 0.05) is 7.05 Å². The molecule has 0 aliphatic carbocycles. The maximum atomic E-state index is 12.3. The van der Waals surface area contributed by atoms with Crippen molar-refractivity contribution in [1.29, 1.82) is 5.26 Å². The van der Waals surface area contributed by atoms with Gasteiger partial charge in [-0.2, -0.15) is 9.57 Å². The third-order valence-electron chi connectivity index (χ3n) is 2.93. The molecule has 0 fully saturated rings. The van der Waals surface area contributed by atoms with Crippen LogP contribution in [0.1, 0.15) is 19.4 Å². The minimum Gasteiger partial charge on any atom is -0.480 e. The van der Waals surface area contributed by atoms with E-state index < -0.39 is 21.5 Å². The Bertz CT molecular complexity index is 644. The molecule has 19 heavy (non-hydrogen) atoms. The van der Waals surface area contributed by atoms with E-state index in [4.69, 9.17) is 10.4 Å². The summed E-state index contributed by atoms with van der Waals surface area (Å²) in [4.78, 5) is 11.0. The molecule has 0 heterocycles. The molecular weight excluding hydrogens is 268 g/mol. The van der Waals surface area contributed by atoms with E-state index in [1.54, 1.807) is 0 Å². The van der Waals surface area contributed by atoms with Crippen molar-refractivity contribution in [3.8, 4) is 6.07 Å². The van der Waals surface area contributed by atoms with Crippen LogP contribution in [0.5, 0.6) is 0 Å². The fourth-order valence-electron chi connectivity index (χ4n) is 1.32. The van der Waals surface area contributed by atoms with Gasteiger partial charge in [-0.25, -0.2) is 8.42 Å². The first-order valence-electron chi connectivity index (χ1n) is 5.36. The van der Waals surface area contributed by atoms with Crippen LogP contribution in [0.4, 0.5) is 0 Å². The largest absolute Gasteiger partial charge is 0.480 e. The van der Waals surface area contributed by atoms with Crippen molar-refractivity contribution >= 4 is 16.0 Å². The van der Waals surface area contributed by atoms with Crippen LogP contribution in [-0.4, -0.2) is 36.4 Å². The number of rotatable bonds is 4. The van der Waals surface area contributed by atoms with Gasteiger partial charge < -0.3 is 5.11 Å². The Morgan fingerprint density at radius 3 is 2.47 bits per heavy atom. The Kier molecular flexibility index (Phi) is 3.98. The molecule has 0 amide bonds. The zero-order chi connectivity index (χ0) is 14.8. The van der Waals surface area contributed by atoms with Crippen LogP contribution in [0.3, 0.4) is 0 Å². The summed E-state index contributed by atoms with van der Waals surface area (Å²) in [6.45, 7) is 2.59. The molecule has 0 atom stereocenters. The average molecular weight is 282 g/mol. The van der Waals surface area contributed by atoms with Crippen LogP contribution in [0.2, 0.25) is 0 Å². The van der Waals surface area contributed by atoms with Gasteiger partial charge in [0.25, 0.3) is 0 Å². The number of sulfonamides is 1. The first kappa shape index (κ1) is 15.1. The second-order valence-electron chi connectivity index (χ2n) is 4.48. The molecule has 102 valence electrons. The minimum atomic E-state index is -3.97. The average Bonchev–Trinajstić information content (AvgIpc) is 2.37. The van der Waals surface area contributed by atoms with E-state index in [1.165, 1.54) is 45.2 Å². The lowest BCUT2D eigenvalue weighted by molar-refractivity contribution is -0.145. The molecule has 7 heteroatoms. The summed E-state index contributed by atoms with van der Waals surface area (Å²) in [5.74, 6) is -1.25. The monoisotopic (exact) mass is 282 g/mol. The Balaban J connectivity index is 3.32. The van der Waals surface area contributed by atoms with Crippen molar-refractivity contribution in [2.45, 2.75) is 24.3 Å². The van der Waals surface area contributed by atoms with Crippen LogP contribution >= 0.6 is 0 Å². The van der Waals surface area contributed by atoms with Crippen LogP contribution in [0.25, 0.3) is 0 Å². The number of carbonyl (C=O) groups is 1. The lowest BCUT2D eigenvalue weighted by Crippen LogP contribution is -2.50. The highest BCUT2D eigenvalue weighted by molar-refractivity contribution is 7.89. The zero-order valence-electron chi connectivity index (χ0n) is 10.8. The van der Waals surface area contributed by atoms with Gasteiger partial charge in [0.1, 0.15) is 5.54 Å². The molecule has 6 nitrogen and oxygen atoms in total. The molecule has 0 radical (unpaired) electrons. The normalized spacial score (nSPS) is 12.2. The van der Waals surface area contributed by atoms with Gasteiger partial charge in [0.2, 0.25) is 10.0 Å². The molecule has 0 aliphatic heterocycles. The fourth-order valence-corrected chi connectivity index (χ4v) is 2.84. The number of benzene rings is 1. The van der Waals surface area contributed by atoms with Crippen LogP contribution in [0, 0.1) is 11.3 Å². The highest BCUT2D eigenvalue weighted by Gasteiger charge is 2.40. The Morgan fingerprint density at radius 1 is 1.42 bits per heavy atom. The summed E-state index contributed by atoms with van der Waals surface area (Å²) in [5.41, 5.74) is -1.39. The van der Waals surface area contributed by atoms with E-state index >= 15 is 0 Å². The third kappa shape index (κ3) is 2.75. The Labute approximate surface area is 111 Å². The van der Waals surface area contributed by atoms with E-state index in [2.05, 4.69) is 0 Å². The molecule has 0 aliphatic rings. The molecule has 1 N–H and O–H groups in total. The first-order valence-corrected chi connectivity index (χ1v) is 6.80. The van der Waals surface area contributed by atoms with Gasteiger partial charge in [-0.1, -0.05) is 6.07 Å². The number of aliphatic carboxylic acids is 1. The molecule has 1 rings (SSSR count). The van der Waals surface area contributed by atoms with Crippen molar-refractivity contribution in [3.63, 3.8) is 0 Å². The highest BCUT2D eigenvalue weighted by Crippen LogP contribution is 2.23. The summed E-state index contributed by atoms with van der Waals surface area (Å²) in [5, 5.41) is 17.8. The summed E-state index contributed by atoms with van der Waals surface area (Å²) in [7, 11) is -2.78. The van der Waals surface area contributed by atoms with Gasteiger partial charge in [-0.3, -0.25) is 4.79 Å². The SMILES string of the molecule is CN(C(C)(C)C(=O)O)S(=O)(=O)c1cccc(C#N)c1. The number of nitrogens with zero attached hydrogens (tertiary/aromatic N) is 2. The lowest BCUT2D eigenvalue weighted by atomic mass is 10.1. The maximum Gasteiger partial charge on any atom is 0.324 e. The Morgan fingerprint density at radius 2 is 2.00 bits per heavy atom. The van der Waals surface area contributed by atoms with Crippen molar-refractivity contribution < 1.29 is 18.3 Å². The molecule has 1 aromatic carbocycles. The molecule has 0 saturated carbocycles. The minimum absolute atomic E-state index is 0.108. The smallest absolute Gasteiger partial charge is 0.324 e. The highest BCUT2D eigenvalue weighted by atomic mass is 32.2. The van der Waals surface area contributed by atoms with Crippen LogP contribution < -0.4 is 0 Å². The van der Waals surface area contributed by atoms with Crippen molar-refractivity contribution in [1.82, 2.24) is 4.31 Å². The Hall–Kier alpha value is -1.91. The number of hydrogen-bond acceptors (Lipinski definition) is 4. The van der Waals surface area contributed by atoms with Gasteiger partial charge in [0.05, 0.1) is 16.5 Å². The van der Waals surface area contributed by atoms with Crippen LogP contribution in [-0.2, 0) is 14.8 Å². The van der Waals surface area contributed by atoms with E-state index in [1.807, 2.05) is 6.07 Å². The molecule has 0 aromatic heterocycles. The van der Waals surface area contributed by atoms with Crippen molar-refractivity contribution in [3.05, 3.63) is 29.8 Å². The van der Waals surface area contributed by atoms with Gasteiger partial charge in [0.15, 0.2) is 0 Å². The van der Waals surface area contributed by atoms with Gasteiger partial charge in [-0.05, 0) is 32.0 Å². The molecular formula is C12H14N2O4S. The number of hydrogen-bond donors (Lipinski definition) is 1. The number of nitriles is 1. The lowest BCUT2D eigenvalue weighted by Gasteiger charge is -2.30. The fraction of sp³-hybridized carbons (Fsp3) is 0.333. The summed E-state index contributed by atoms with van der Waals surface area (Å²) in [6.07, 6.45) is 0. The topological polar surface area (TPSA) is 98.5 Å². The van der Waals surface area contributed by atoms with Gasteiger partial charge >= 0.3 is 5.97 Å². The standard InChI is InChI=1S/C12H14N2O4S/c1-12(2,11(15)16)14(3)19(17,18)10-6-4-5-9(7-10)8-13/h4-7H,1-3H3,(H,15,16). The van der Waals surface area contributed by atoms with E-state index in [0.717, 1.165) is 4.31 Å². The predicted octanol–water partition coefficient (Wildman–Crippen LogP) is 1.04. The summed E-state index contributed by atoms with van der Waals surface area (Å²) in [6, 6.07) is 7.29. The zero-order valence-corrected chi connectivity index (χ0v) is 11.6. The van der Waals surface area contributed by atoms with E-state index in [-0.39, 0.29) is 10.5 Å². The van der Waals surface area contributed by atoms with Gasteiger partial charge in [-0.15, -0.1) is 0 Å². The molecule has 0 unspecified atom stereocenters. The third-order valence-corrected chi connectivity index (χ3v) is 4.96. The molecule has 0 bridgehead atoms. The maximum absolute atomic E-state index is 12.3. The van der Waals surface area contributed by atoms with Crippen molar-refractivity contribution in [2.75, 3.05) is 7.05 Å². The molecule has 1 aromatic rings. The second-order valence-corrected chi connectivity index (χ2v) is 6.45. The molecule has 0 saturated heterocycles. The molecule has 0 spiro atoms. The van der Waals surface area contributed by atoms with E-state index in [0.29, 0.717) is 0 Å². The van der Waals surface area contributed by atoms with Crippen molar-refractivity contribution in [2.24, 2.45) is 0 Å². The summed E-state index contributed by atoms with van der Waals surface area (Å²) >= 11 is 0. The number of likely N-dealkylation sites (N-methyl/N-ethyl adjacent to an activating group) is 1. The van der Waals surface area contributed by atoms with E-state index in [9.17, 15) is 13.2 Å². The second kappa shape index (κ2) is 4.99. The summed E-state index contributed by atoms with van der Waals surface area (Å²) < 4.78 is 25.4. The number of carboxylic acids is 1. The first-order chi connectivity index (χ1) is 8.64. The predicted molar refractivity (Wildman–Crippen MR) is 67.8 cm³/mol. The number of carboxylic acid groups (broad SMARTS) is 1. The van der Waals surface area contributed by atoms with Crippen LogP contribution in [0.15, 0.2) is 29.2 Å².